The van der Waals surface area contributed by atoms with E-state index in [1.807, 2.05) is 0 Å². The van der Waals surface area contributed by atoms with Gasteiger partial charge in [-0.2, -0.15) is 0 Å². The third-order valence-electron chi connectivity index (χ3n) is 2.42. The highest BCUT2D eigenvalue weighted by Gasteiger charge is 2.13. The summed E-state index contributed by atoms with van der Waals surface area (Å²) in [5.41, 5.74) is 0.233. The van der Waals surface area contributed by atoms with Gasteiger partial charge >= 0.3 is 0 Å². The van der Waals surface area contributed by atoms with Crippen LogP contribution in [0.25, 0.3) is 0 Å². The van der Waals surface area contributed by atoms with Crippen LogP contribution in [0.1, 0.15) is 32.4 Å². The quantitative estimate of drug-likeness (QED) is 0.829. The van der Waals surface area contributed by atoms with Gasteiger partial charge in [-0.15, -0.1) is 0 Å². The molecular formula is C12H17FO3. The van der Waals surface area contributed by atoms with Crippen LogP contribution in [0.15, 0.2) is 18.2 Å². The Hall–Kier alpha value is -1.13. The molecule has 2 N–H and O–H groups in total. The van der Waals surface area contributed by atoms with Crippen molar-refractivity contribution in [3.63, 3.8) is 0 Å². The number of rotatable bonds is 4. The SMILES string of the molecule is CC(O)c1ccc(OC(C)C(C)O)cc1F. The molecule has 3 atom stereocenters. The number of benzene rings is 1. The van der Waals surface area contributed by atoms with Crippen molar-refractivity contribution >= 4 is 0 Å². The van der Waals surface area contributed by atoms with E-state index >= 15 is 0 Å². The Morgan fingerprint density at radius 1 is 1.19 bits per heavy atom. The predicted molar refractivity (Wildman–Crippen MR) is 58.8 cm³/mol. The number of aliphatic hydroxyl groups excluding tert-OH is 2. The van der Waals surface area contributed by atoms with Crippen LogP contribution < -0.4 is 4.74 Å². The molecule has 0 spiro atoms. The molecule has 1 rings (SSSR count). The van der Waals surface area contributed by atoms with Crippen molar-refractivity contribution < 1.29 is 19.3 Å². The van der Waals surface area contributed by atoms with Crippen molar-refractivity contribution in [2.45, 2.75) is 39.1 Å². The lowest BCUT2D eigenvalue weighted by molar-refractivity contribution is 0.0601. The maximum atomic E-state index is 13.4. The van der Waals surface area contributed by atoms with Gasteiger partial charge in [-0.3, -0.25) is 0 Å². The number of hydrogen-bond acceptors (Lipinski definition) is 3. The van der Waals surface area contributed by atoms with Crippen LogP contribution in [0.2, 0.25) is 0 Å². The smallest absolute Gasteiger partial charge is 0.132 e. The summed E-state index contributed by atoms with van der Waals surface area (Å²) in [5, 5.41) is 18.5. The fourth-order valence-electron chi connectivity index (χ4n) is 1.23. The first-order chi connectivity index (χ1) is 7.41. The van der Waals surface area contributed by atoms with Crippen molar-refractivity contribution in [3.05, 3.63) is 29.6 Å². The second kappa shape index (κ2) is 5.27. The van der Waals surface area contributed by atoms with Crippen molar-refractivity contribution in [2.24, 2.45) is 0 Å². The average Bonchev–Trinajstić information content (AvgIpc) is 2.16. The van der Waals surface area contributed by atoms with Gasteiger partial charge in [0.2, 0.25) is 0 Å². The van der Waals surface area contributed by atoms with E-state index in [1.54, 1.807) is 19.9 Å². The minimum absolute atomic E-state index is 0.233. The van der Waals surface area contributed by atoms with Crippen molar-refractivity contribution in [1.29, 1.82) is 0 Å². The monoisotopic (exact) mass is 228 g/mol. The van der Waals surface area contributed by atoms with Gasteiger partial charge in [-0.25, -0.2) is 4.39 Å². The van der Waals surface area contributed by atoms with Crippen LogP contribution in [0.3, 0.4) is 0 Å². The molecule has 0 aliphatic heterocycles. The summed E-state index contributed by atoms with van der Waals surface area (Å²) in [7, 11) is 0. The van der Waals surface area contributed by atoms with Crippen molar-refractivity contribution in [2.75, 3.05) is 0 Å². The summed E-state index contributed by atoms with van der Waals surface area (Å²) >= 11 is 0. The molecule has 3 unspecified atom stereocenters. The lowest BCUT2D eigenvalue weighted by atomic mass is 10.1. The molecule has 0 aliphatic rings. The van der Waals surface area contributed by atoms with E-state index in [4.69, 9.17) is 4.74 Å². The molecule has 0 heterocycles. The normalized spacial score (nSPS) is 16.6. The van der Waals surface area contributed by atoms with E-state index in [2.05, 4.69) is 0 Å². The second-order valence-corrected chi connectivity index (χ2v) is 3.92. The number of ether oxygens (including phenoxy) is 1. The molecule has 4 heteroatoms. The Labute approximate surface area is 94.5 Å². The minimum Gasteiger partial charge on any atom is -0.488 e. The second-order valence-electron chi connectivity index (χ2n) is 3.92. The largest absolute Gasteiger partial charge is 0.488 e. The maximum Gasteiger partial charge on any atom is 0.132 e. The molecule has 1 aromatic rings. The summed E-state index contributed by atoms with van der Waals surface area (Å²) in [4.78, 5) is 0. The molecule has 90 valence electrons. The third kappa shape index (κ3) is 3.18. The highest BCUT2D eigenvalue weighted by Crippen LogP contribution is 2.22. The molecule has 0 saturated heterocycles. The van der Waals surface area contributed by atoms with Crippen molar-refractivity contribution in [3.8, 4) is 5.75 Å². The Morgan fingerprint density at radius 3 is 2.25 bits per heavy atom. The van der Waals surface area contributed by atoms with Gasteiger partial charge in [0.1, 0.15) is 17.7 Å². The number of hydrogen-bond donors (Lipinski definition) is 2. The molecule has 0 aliphatic carbocycles. The summed E-state index contributed by atoms with van der Waals surface area (Å²) in [6, 6.07) is 4.26. The molecule has 0 amide bonds. The lowest BCUT2D eigenvalue weighted by Crippen LogP contribution is -2.25. The highest BCUT2D eigenvalue weighted by atomic mass is 19.1. The van der Waals surface area contributed by atoms with Gasteiger partial charge < -0.3 is 14.9 Å². The molecule has 0 saturated carbocycles. The van der Waals surface area contributed by atoms with E-state index in [0.717, 1.165) is 0 Å². The molecule has 0 aromatic heterocycles. The molecular weight excluding hydrogens is 211 g/mol. The van der Waals surface area contributed by atoms with Gasteiger partial charge in [0.05, 0.1) is 12.2 Å². The Kier molecular flexibility index (Phi) is 4.26. The summed E-state index contributed by atoms with van der Waals surface area (Å²) < 4.78 is 18.8. The predicted octanol–water partition coefficient (Wildman–Crippen LogP) is 2.03. The lowest BCUT2D eigenvalue weighted by Gasteiger charge is -2.17. The van der Waals surface area contributed by atoms with Crippen LogP contribution in [0, 0.1) is 5.82 Å². The van der Waals surface area contributed by atoms with Crippen LogP contribution in [0.4, 0.5) is 4.39 Å². The van der Waals surface area contributed by atoms with Gasteiger partial charge in [0, 0.05) is 11.6 Å². The topological polar surface area (TPSA) is 49.7 Å². The van der Waals surface area contributed by atoms with Crippen LogP contribution in [0.5, 0.6) is 5.75 Å². The Bertz CT molecular complexity index is 350. The molecule has 0 fully saturated rings. The van der Waals surface area contributed by atoms with Gasteiger partial charge in [-0.1, -0.05) is 0 Å². The first kappa shape index (κ1) is 12.9. The zero-order valence-corrected chi connectivity index (χ0v) is 9.64. The van der Waals surface area contributed by atoms with E-state index in [0.29, 0.717) is 5.75 Å². The standard InChI is InChI=1S/C12H17FO3/c1-7(14)9(3)16-10-4-5-11(8(2)15)12(13)6-10/h4-9,14-15H,1-3H3. The average molecular weight is 228 g/mol. The summed E-state index contributed by atoms with van der Waals surface area (Å²) in [6.45, 7) is 4.80. The van der Waals surface area contributed by atoms with Gasteiger partial charge in [0.25, 0.3) is 0 Å². The fourth-order valence-corrected chi connectivity index (χ4v) is 1.23. The number of halogens is 1. The van der Waals surface area contributed by atoms with Crippen LogP contribution in [-0.4, -0.2) is 22.4 Å². The first-order valence-electron chi connectivity index (χ1n) is 5.24. The van der Waals surface area contributed by atoms with Crippen LogP contribution in [-0.2, 0) is 0 Å². The summed E-state index contributed by atoms with van der Waals surface area (Å²) in [6.07, 6.45) is -1.88. The fraction of sp³-hybridized carbons (Fsp3) is 0.500. The summed E-state index contributed by atoms with van der Waals surface area (Å²) in [5.74, 6) is -0.166. The third-order valence-corrected chi connectivity index (χ3v) is 2.42. The first-order valence-corrected chi connectivity index (χ1v) is 5.24. The minimum atomic E-state index is -0.844. The molecule has 0 radical (unpaired) electrons. The number of aliphatic hydroxyl groups is 2. The molecule has 1 aromatic carbocycles. The highest BCUT2D eigenvalue weighted by molar-refractivity contribution is 5.30. The Balaban J connectivity index is 2.81. The zero-order valence-electron chi connectivity index (χ0n) is 9.64. The van der Waals surface area contributed by atoms with E-state index in [9.17, 15) is 14.6 Å². The van der Waals surface area contributed by atoms with E-state index in [-0.39, 0.29) is 5.56 Å². The molecule has 16 heavy (non-hydrogen) atoms. The van der Waals surface area contributed by atoms with Gasteiger partial charge in [0.15, 0.2) is 0 Å². The maximum absolute atomic E-state index is 13.4. The molecule has 0 bridgehead atoms. The van der Waals surface area contributed by atoms with Crippen molar-refractivity contribution in [1.82, 2.24) is 0 Å². The molecule has 3 nitrogen and oxygen atoms in total. The Morgan fingerprint density at radius 2 is 1.81 bits per heavy atom. The van der Waals surface area contributed by atoms with Gasteiger partial charge in [-0.05, 0) is 32.9 Å². The van der Waals surface area contributed by atoms with E-state index in [1.165, 1.54) is 19.1 Å². The zero-order chi connectivity index (χ0) is 12.3. The van der Waals surface area contributed by atoms with Crippen LogP contribution >= 0.6 is 0 Å². The van der Waals surface area contributed by atoms with E-state index < -0.39 is 24.1 Å².